The molecule has 1 aliphatic rings. The van der Waals surface area contributed by atoms with E-state index >= 15 is 0 Å². The van der Waals surface area contributed by atoms with Crippen LogP contribution in [0.4, 0.5) is 5.82 Å². The highest BCUT2D eigenvalue weighted by Crippen LogP contribution is 2.34. The van der Waals surface area contributed by atoms with Crippen molar-refractivity contribution in [2.75, 3.05) is 19.0 Å². The lowest BCUT2D eigenvalue weighted by molar-refractivity contribution is -0.117. The zero-order chi connectivity index (χ0) is 17.9. The van der Waals surface area contributed by atoms with Gasteiger partial charge in [0.25, 0.3) is 0 Å². The number of rotatable bonds is 5. The third-order valence-electron chi connectivity index (χ3n) is 4.41. The Bertz CT molecular complexity index is 918. The molecular formula is C20H19N3O3. The number of fused-ring (bicyclic) bond motifs is 1. The highest BCUT2D eigenvalue weighted by molar-refractivity contribution is 5.96. The number of para-hydroxylation sites is 1. The van der Waals surface area contributed by atoms with Gasteiger partial charge in [-0.2, -0.15) is 5.10 Å². The Morgan fingerprint density at radius 2 is 2.04 bits per heavy atom. The molecule has 0 bridgehead atoms. The van der Waals surface area contributed by atoms with Gasteiger partial charge in [0, 0.05) is 17.8 Å². The second kappa shape index (κ2) is 6.92. The van der Waals surface area contributed by atoms with Gasteiger partial charge in [-0.25, -0.2) is 0 Å². The molecule has 1 atom stereocenters. The molecule has 1 amide bonds. The highest BCUT2D eigenvalue weighted by Gasteiger charge is 2.30. The molecule has 1 aliphatic heterocycles. The van der Waals surface area contributed by atoms with E-state index < -0.39 is 0 Å². The van der Waals surface area contributed by atoms with Crippen molar-refractivity contribution in [2.45, 2.75) is 12.5 Å². The Labute approximate surface area is 151 Å². The minimum absolute atomic E-state index is 0.107. The maximum atomic E-state index is 12.6. The van der Waals surface area contributed by atoms with E-state index in [4.69, 9.17) is 9.47 Å². The monoisotopic (exact) mass is 349 g/mol. The minimum Gasteiger partial charge on any atom is -0.497 e. The molecule has 2 heterocycles. The fraction of sp³-hybridized carbons (Fsp3) is 0.200. The van der Waals surface area contributed by atoms with Crippen molar-refractivity contribution < 1.29 is 14.3 Å². The normalized spacial score (nSPS) is 15.2. The molecule has 1 unspecified atom stereocenters. The Balaban J connectivity index is 1.41. The summed E-state index contributed by atoms with van der Waals surface area (Å²) in [6.45, 7) is 0.979. The van der Waals surface area contributed by atoms with Crippen LogP contribution in [0.5, 0.6) is 11.5 Å². The minimum atomic E-state index is -0.307. The van der Waals surface area contributed by atoms with E-state index in [-0.39, 0.29) is 11.8 Å². The maximum Gasteiger partial charge on any atom is 0.236 e. The number of carbonyl (C=O) groups excluding carboxylic acids is 1. The largest absolute Gasteiger partial charge is 0.497 e. The lowest BCUT2D eigenvalue weighted by Gasteiger charge is -2.08. The summed E-state index contributed by atoms with van der Waals surface area (Å²) in [4.78, 5) is 12.6. The molecule has 1 aromatic heterocycles. The van der Waals surface area contributed by atoms with E-state index in [1.54, 1.807) is 17.9 Å². The van der Waals surface area contributed by atoms with E-state index in [1.165, 1.54) is 0 Å². The number of hydrogen-bond donors (Lipinski definition) is 1. The number of carbonyl (C=O) groups is 1. The number of hydrogen-bond acceptors (Lipinski definition) is 4. The molecule has 132 valence electrons. The first-order valence-corrected chi connectivity index (χ1v) is 8.42. The van der Waals surface area contributed by atoms with E-state index in [1.807, 2.05) is 54.7 Å². The van der Waals surface area contributed by atoms with E-state index in [2.05, 4.69) is 10.4 Å². The van der Waals surface area contributed by atoms with Crippen LogP contribution in [0.3, 0.4) is 0 Å². The van der Waals surface area contributed by atoms with Gasteiger partial charge >= 0.3 is 0 Å². The molecule has 3 aromatic rings. The molecule has 1 N–H and O–H groups in total. The van der Waals surface area contributed by atoms with Crippen LogP contribution in [0, 0.1) is 0 Å². The van der Waals surface area contributed by atoms with Gasteiger partial charge in [0.05, 0.1) is 13.7 Å². The van der Waals surface area contributed by atoms with Gasteiger partial charge in [-0.05, 0) is 23.8 Å². The van der Waals surface area contributed by atoms with Crippen LogP contribution in [-0.2, 0) is 11.3 Å². The third kappa shape index (κ3) is 3.26. The van der Waals surface area contributed by atoms with Gasteiger partial charge < -0.3 is 14.8 Å². The van der Waals surface area contributed by atoms with Crippen molar-refractivity contribution in [3.63, 3.8) is 0 Å². The Morgan fingerprint density at radius 1 is 1.23 bits per heavy atom. The van der Waals surface area contributed by atoms with Crippen molar-refractivity contribution in [3.05, 3.63) is 71.9 Å². The first-order chi connectivity index (χ1) is 12.7. The van der Waals surface area contributed by atoms with Crippen LogP contribution < -0.4 is 14.8 Å². The van der Waals surface area contributed by atoms with Gasteiger partial charge in [0.2, 0.25) is 5.91 Å². The van der Waals surface area contributed by atoms with E-state index in [0.717, 1.165) is 22.6 Å². The zero-order valence-electron chi connectivity index (χ0n) is 14.4. The summed E-state index contributed by atoms with van der Waals surface area (Å²) in [7, 11) is 1.64. The number of benzene rings is 2. The summed E-state index contributed by atoms with van der Waals surface area (Å²) in [5.41, 5.74) is 2.02. The zero-order valence-corrected chi connectivity index (χ0v) is 14.4. The van der Waals surface area contributed by atoms with Crippen molar-refractivity contribution >= 4 is 11.7 Å². The topological polar surface area (TPSA) is 65.4 Å². The number of nitrogens with zero attached hydrogens (tertiary/aromatic N) is 2. The molecule has 0 saturated heterocycles. The Kier molecular flexibility index (Phi) is 4.31. The smallest absolute Gasteiger partial charge is 0.236 e. The molecule has 26 heavy (non-hydrogen) atoms. The van der Waals surface area contributed by atoms with Crippen LogP contribution in [0.2, 0.25) is 0 Å². The lowest BCUT2D eigenvalue weighted by atomic mass is 10.0. The van der Waals surface area contributed by atoms with Crippen molar-refractivity contribution in [2.24, 2.45) is 0 Å². The molecule has 0 saturated carbocycles. The van der Waals surface area contributed by atoms with Crippen LogP contribution in [0.15, 0.2) is 60.8 Å². The molecule has 0 radical (unpaired) electrons. The van der Waals surface area contributed by atoms with Gasteiger partial charge in [0.15, 0.2) is 5.82 Å². The molecule has 2 aromatic carbocycles. The first kappa shape index (κ1) is 16.2. The van der Waals surface area contributed by atoms with Crippen molar-refractivity contribution in [3.8, 4) is 11.5 Å². The van der Waals surface area contributed by atoms with Crippen molar-refractivity contribution in [1.82, 2.24) is 9.78 Å². The average Bonchev–Trinajstić information content (AvgIpc) is 3.29. The standard InChI is InChI=1S/C20H19N3O3/c1-25-15-8-6-14(7-9-15)12-23-11-10-19(22-23)21-20(24)17-13-26-18-5-3-2-4-16(17)18/h2-11,17H,12-13H2,1H3,(H,21,22,24). The highest BCUT2D eigenvalue weighted by atomic mass is 16.5. The molecule has 0 fully saturated rings. The second-order valence-corrected chi connectivity index (χ2v) is 6.14. The Morgan fingerprint density at radius 3 is 2.85 bits per heavy atom. The fourth-order valence-electron chi connectivity index (χ4n) is 3.03. The quantitative estimate of drug-likeness (QED) is 0.769. The Hall–Kier alpha value is -3.28. The molecule has 0 spiro atoms. The summed E-state index contributed by atoms with van der Waals surface area (Å²) in [5, 5.41) is 7.31. The fourth-order valence-corrected chi connectivity index (χ4v) is 3.03. The third-order valence-corrected chi connectivity index (χ3v) is 4.41. The second-order valence-electron chi connectivity index (χ2n) is 6.14. The molecule has 6 heteroatoms. The number of methoxy groups -OCH3 is 1. The van der Waals surface area contributed by atoms with Crippen LogP contribution in [-0.4, -0.2) is 29.4 Å². The van der Waals surface area contributed by atoms with Crippen molar-refractivity contribution in [1.29, 1.82) is 0 Å². The van der Waals surface area contributed by atoms with Gasteiger partial charge in [-0.1, -0.05) is 30.3 Å². The number of ether oxygens (including phenoxy) is 2. The molecule has 0 aliphatic carbocycles. The summed E-state index contributed by atoms with van der Waals surface area (Å²) < 4.78 is 12.5. The van der Waals surface area contributed by atoms with Crippen LogP contribution in [0.1, 0.15) is 17.0 Å². The summed E-state index contributed by atoms with van der Waals surface area (Å²) >= 11 is 0. The van der Waals surface area contributed by atoms with Gasteiger partial charge in [-0.3, -0.25) is 9.48 Å². The van der Waals surface area contributed by atoms with E-state index in [0.29, 0.717) is 19.0 Å². The summed E-state index contributed by atoms with van der Waals surface area (Å²) in [6.07, 6.45) is 1.85. The lowest BCUT2D eigenvalue weighted by Crippen LogP contribution is -2.22. The predicted octanol–water partition coefficient (Wildman–Crippen LogP) is 3.05. The SMILES string of the molecule is COc1ccc(Cn2ccc(NC(=O)C3COc4ccccc43)n2)cc1. The molecular weight excluding hydrogens is 330 g/mol. The summed E-state index contributed by atoms with van der Waals surface area (Å²) in [6, 6.07) is 17.2. The molecule has 4 rings (SSSR count). The van der Waals surface area contributed by atoms with Gasteiger partial charge in [-0.15, -0.1) is 0 Å². The molecule has 6 nitrogen and oxygen atoms in total. The predicted molar refractivity (Wildman–Crippen MR) is 97.6 cm³/mol. The van der Waals surface area contributed by atoms with E-state index in [9.17, 15) is 4.79 Å². The number of nitrogens with one attached hydrogen (secondary N) is 1. The number of amides is 1. The maximum absolute atomic E-state index is 12.6. The number of anilines is 1. The summed E-state index contributed by atoms with van der Waals surface area (Å²) in [5.74, 6) is 1.72. The van der Waals surface area contributed by atoms with Crippen LogP contribution >= 0.6 is 0 Å². The first-order valence-electron chi connectivity index (χ1n) is 8.42. The van der Waals surface area contributed by atoms with Gasteiger partial charge in [0.1, 0.15) is 24.0 Å². The van der Waals surface area contributed by atoms with Crippen LogP contribution in [0.25, 0.3) is 0 Å². The number of aromatic nitrogens is 2. The average molecular weight is 349 g/mol.